The van der Waals surface area contributed by atoms with Crippen molar-refractivity contribution in [3.8, 4) is 0 Å². The van der Waals surface area contributed by atoms with Gasteiger partial charge in [-0.05, 0) is 39.8 Å². The Morgan fingerprint density at radius 1 is 1.47 bits per heavy atom. The maximum atomic E-state index is 5.58. The van der Waals surface area contributed by atoms with Crippen LogP contribution in [-0.4, -0.2) is 49.8 Å². The van der Waals surface area contributed by atoms with Gasteiger partial charge in [-0.1, -0.05) is 6.92 Å². The molecule has 1 aliphatic rings. The maximum Gasteiger partial charge on any atom is 0.0596 e. The highest BCUT2D eigenvalue weighted by atomic mass is 16.5. The maximum absolute atomic E-state index is 5.58. The van der Waals surface area contributed by atoms with E-state index >= 15 is 0 Å². The minimum Gasteiger partial charge on any atom is -0.377 e. The lowest BCUT2D eigenvalue weighted by Gasteiger charge is -2.24. The molecule has 1 fully saturated rings. The van der Waals surface area contributed by atoms with Crippen molar-refractivity contribution in [2.75, 3.05) is 32.8 Å². The van der Waals surface area contributed by atoms with Gasteiger partial charge in [0.25, 0.3) is 0 Å². The molecule has 0 aromatic rings. The van der Waals surface area contributed by atoms with Gasteiger partial charge in [0.2, 0.25) is 0 Å². The summed E-state index contributed by atoms with van der Waals surface area (Å²) in [4.78, 5) is 2.48. The summed E-state index contributed by atoms with van der Waals surface area (Å²) < 4.78 is 5.58. The number of likely N-dealkylation sites (N-methyl/N-ethyl adjacent to an activating group) is 1. The van der Waals surface area contributed by atoms with Crippen molar-refractivity contribution in [2.24, 2.45) is 0 Å². The van der Waals surface area contributed by atoms with Crippen molar-refractivity contribution in [3.63, 3.8) is 0 Å². The number of rotatable bonds is 7. The van der Waals surface area contributed by atoms with Crippen LogP contribution >= 0.6 is 0 Å². The largest absolute Gasteiger partial charge is 0.377 e. The lowest BCUT2D eigenvalue weighted by atomic mass is 10.2. The number of nitrogens with one attached hydrogen (secondary N) is 1. The quantitative estimate of drug-likeness (QED) is 0.695. The fourth-order valence-corrected chi connectivity index (χ4v) is 2.02. The van der Waals surface area contributed by atoms with Crippen LogP contribution in [0.25, 0.3) is 0 Å². The third-order valence-electron chi connectivity index (χ3n) is 2.95. The summed E-state index contributed by atoms with van der Waals surface area (Å²) in [7, 11) is 0. The van der Waals surface area contributed by atoms with Crippen molar-refractivity contribution in [1.29, 1.82) is 0 Å². The van der Waals surface area contributed by atoms with E-state index in [1.54, 1.807) is 0 Å². The zero-order valence-corrected chi connectivity index (χ0v) is 10.5. The monoisotopic (exact) mass is 214 g/mol. The minimum absolute atomic E-state index is 0.355. The van der Waals surface area contributed by atoms with E-state index in [4.69, 9.17) is 4.74 Å². The molecule has 0 saturated carbocycles. The molecule has 1 saturated heterocycles. The Morgan fingerprint density at radius 3 is 2.80 bits per heavy atom. The third kappa shape index (κ3) is 5.50. The second-order valence-corrected chi connectivity index (χ2v) is 4.61. The first kappa shape index (κ1) is 12.9. The summed E-state index contributed by atoms with van der Waals surface area (Å²) in [6, 6.07) is 0.712. The van der Waals surface area contributed by atoms with Gasteiger partial charge in [-0.25, -0.2) is 0 Å². The summed E-state index contributed by atoms with van der Waals surface area (Å²) in [6.45, 7) is 11.8. The smallest absolute Gasteiger partial charge is 0.0596 e. The third-order valence-corrected chi connectivity index (χ3v) is 2.95. The second kappa shape index (κ2) is 7.20. The van der Waals surface area contributed by atoms with E-state index in [-0.39, 0.29) is 0 Å². The zero-order chi connectivity index (χ0) is 11.1. The summed E-state index contributed by atoms with van der Waals surface area (Å²) in [5, 5.41) is 3.54. The average molecular weight is 214 g/mol. The van der Waals surface area contributed by atoms with Crippen LogP contribution in [0.4, 0.5) is 0 Å². The highest BCUT2D eigenvalue weighted by Crippen LogP contribution is 2.06. The molecule has 1 unspecified atom stereocenters. The lowest BCUT2D eigenvalue weighted by molar-refractivity contribution is 0.0585. The Kier molecular flexibility index (Phi) is 6.22. The molecule has 3 nitrogen and oxygen atoms in total. The average Bonchev–Trinajstić information content (AvgIpc) is 2.68. The van der Waals surface area contributed by atoms with Crippen LogP contribution in [0.15, 0.2) is 0 Å². The normalized spacial score (nSPS) is 21.8. The van der Waals surface area contributed by atoms with Crippen LogP contribution in [0.2, 0.25) is 0 Å². The van der Waals surface area contributed by atoms with Crippen molar-refractivity contribution >= 4 is 0 Å². The van der Waals surface area contributed by atoms with Gasteiger partial charge in [0.15, 0.2) is 0 Å². The Bertz CT molecular complexity index is 156. The first-order valence-corrected chi connectivity index (χ1v) is 6.29. The molecule has 1 atom stereocenters. The lowest BCUT2D eigenvalue weighted by Crippen LogP contribution is -2.39. The summed E-state index contributed by atoms with van der Waals surface area (Å²) in [6.07, 6.45) is 3.03. The number of hydrogen-bond acceptors (Lipinski definition) is 3. The highest BCUT2D eigenvalue weighted by Gasteiger charge is 2.16. The van der Waals surface area contributed by atoms with E-state index in [1.807, 2.05) is 0 Å². The first-order chi connectivity index (χ1) is 7.22. The molecule has 0 aromatic heterocycles. The summed E-state index contributed by atoms with van der Waals surface area (Å²) >= 11 is 0. The molecule has 1 rings (SSSR count). The predicted molar refractivity (Wildman–Crippen MR) is 64.2 cm³/mol. The number of nitrogens with zero attached hydrogens (tertiary/aromatic N) is 1. The van der Waals surface area contributed by atoms with E-state index in [1.165, 1.54) is 25.9 Å². The minimum atomic E-state index is 0.355. The molecule has 3 heteroatoms. The Labute approximate surface area is 94.2 Å². The van der Waals surface area contributed by atoms with Crippen molar-refractivity contribution in [3.05, 3.63) is 0 Å². The van der Waals surface area contributed by atoms with E-state index in [0.29, 0.717) is 12.1 Å². The molecule has 1 aliphatic heterocycles. The van der Waals surface area contributed by atoms with E-state index in [0.717, 1.165) is 19.7 Å². The Morgan fingerprint density at radius 2 is 2.27 bits per heavy atom. The number of ether oxygens (including phenoxy) is 1. The van der Waals surface area contributed by atoms with Crippen molar-refractivity contribution in [2.45, 2.75) is 45.8 Å². The molecule has 15 heavy (non-hydrogen) atoms. The van der Waals surface area contributed by atoms with E-state index < -0.39 is 0 Å². The van der Waals surface area contributed by atoms with Gasteiger partial charge in [0.1, 0.15) is 0 Å². The number of hydrogen-bond donors (Lipinski definition) is 1. The molecule has 90 valence electrons. The molecule has 0 bridgehead atoms. The molecule has 1 heterocycles. The standard InChI is InChI=1S/C12H26N2O/c1-4-14(8-9-15-11(2)3)10-12-6-5-7-13-12/h11-13H,4-10H2,1-3H3. The fourth-order valence-electron chi connectivity index (χ4n) is 2.02. The van der Waals surface area contributed by atoms with Gasteiger partial charge >= 0.3 is 0 Å². The molecule has 0 aromatic carbocycles. The van der Waals surface area contributed by atoms with Gasteiger partial charge < -0.3 is 10.1 Å². The molecular formula is C12H26N2O. The molecule has 0 radical (unpaired) electrons. The van der Waals surface area contributed by atoms with Gasteiger partial charge in [0.05, 0.1) is 12.7 Å². The van der Waals surface area contributed by atoms with Crippen molar-refractivity contribution in [1.82, 2.24) is 10.2 Å². The van der Waals surface area contributed by atoms with Crippen LogP contribution < -0.4 is 5.32 Å². The van der Waals surface area contributed by atoms with Gasteiger partial charge in [-0.15, -0.1) is 0 Å². The van der Waals surface area contributed by atoms with Crippen LogP contribution in [-0.2, 0) is 4.74 Å². The van der Waals surface area contributed by atoms with E-state index in [2.05, 4.69) is 31.0 Å². The second-order valence-electron chi connectivity index (χ2n) is 4.61. The zero-order valence-electron chi connectivity index (χ0n) is 10.5. The van der Waals surface area contributed by atoms with Gasteiger partial charge in [-0.3, -0.25) is 4.90 Å². The predicted octanol–water partition coefficient (Wildman–Crippen LogP) is 1.49. The summed E-state index contributed by atoms with van der Waals surface area (Å²) in [5.74, 6) is 0. The highest BCUT2D eigenvalue weighted by molar-refractivity contribution is 4.77. The van der Waals surface area contributed by atoms with Crippen LogP contribution in [0.5, 0.6) is 0 Å². The SMILES string of the molecule is CCN(CCOC(C)C)CC1CCCN1. The van der Waals surface area contributed by atoms with Crippen LogP contribution in [0.3, 0.4) is 0 Å². The molecular weight excluding hydrogens is 188 g/mol. The van der Waals surface area contributed by atoms with Gasteiger partial charge in [-0.2, -0.15) is 0 Å². The molecule has 0 spiro atoms. The van der Waals surface area contributed by atoms with Crippen LogP contribution in [0.1, 0.15) is 33.6 Å². The Hall–Kier alpha value is -0.120. The topological polar surface area (TPSA) is 24.5 Å². The van der Waals surface area contributed by atoms with Crippen LogP contribution in [0, 0.1) is 0 Å². The van der Waals surface area contributed by atoms with Gasteiger partial charge in [0, 0.05) is 19.1 Å². The summed E-state index contributed by atoms with van der Waals surface area (Å²) in [5.41, 5.74) is 0. The molecule has 1 N–H and O–H groups in total. The fraction of sp³-hybridized carbons (Fsp3) is 1.00. The molecule has 0 amide bonds. The van der Waals surface area contributed by atoms with E-state index in [9.17, 15) is 0 Å². The Balaban J connectivity index is 2.11. The molecule has 0 aliphatic carbocycles. The first-order valence-electron chi connectivity index (χ1n) is 6.29. The van der Waals surface area contributed by atoms with Crippen molar-refractivity contribution < 1.29 is 4.74 Å².